The van der Waals surface area contributed by atoms with Crippen molar-refractivity contribution in [2.45, 2.75) is 31.8 Å². The van der Waals surface area contributed by atoms with Gasteiger partial charge in [0.15, 0.2) is 0 Å². The van der Waals surface area contributed by atoms with E-state index in [1.165, 1.54) is 18.2 Å². The van der Waals surface area contributed by atoms with E-state index in [2.05, 4.69) is 17.4 Å². The second-order valence-electron chi connectivity index (χ2n) is 6.03. The molecule has 5 nitrogen and oxygen atoms in total. The summed E-state index contributed by atoms with van der Waals surface area (Å²) < 4.78 is 4.79. The van der Waals surface area contributed by atoms with Crippen molar-refractivity contribution in [2.75, 3.05) is 20.2 Å². The predicted molar refractivity (Wildman–Crippen MR) is 89.3 cm³/mol. The molecule has 2 heterocycles. The molecule has 0 saturated carbocycles. The number of benzene rings is 1. The molecule has 1 atom stereocenters. The van der Waals surface area contributed by atoms with E-state index < -0.39 is 0 Å². The van der Waals surface area contributed by atoms with Gasteiger partial charge in [0.25, 0.3) is 0 Å². The highest BCUT2D eigenvalue weighted by molar-refractivity contribution is 5.85. The van der Waals surface area contributed by atoms with Crippen molar-refractivity contribution in [3.8, 4) is 0 Å². The van der Waals surface area contributed by atoms with E-state index in [1.807, 2.05) is 17.0 Å². The Kier molecular flexibility index (Phi) is 6.02. The number of nitrogens with one attached hydrogen (secondary N) is 1. The van der Waals surface area contributed by atoms with Gasteiger partial charge < -0.3 is 15.0 Å². The molecular formula is C17H23ClN2O3. The molecule has 2 aliphatic heterocycles. The summed E-state index contributed by atoms with van der Waals surface area (Å²) in [6.45, 7) is 2.02. The van der Waals surface area contributed by atoms with E-state index in [0.717, 1.165) is 13.0 Å². The molecule has 6 heteroatoms. The summed E-state index contributed by atoms with van der Waals surface area (Å²) in [5.41, 5.74) is 2.53. The van der Waals surface area contributed by atoms with Crippen LogP contribution in [-0.2, 0) is 27.3 Å². The fourth-order valence-electron chi connectivity index (χ4n) is 3.35. The van der Waals surface area contributed by atoms with E-state index in [9.17, 15) is 9.59 Å². The first kappa shape index (κ1) is 17.8. The average molecular weight is 339 g/mol. The lowest BCUT2D eigenvalue weighted by atomic mass is 9.93. The van der Waals surface area contributed by atoms with E-state index >= 15 is 0 Å². The number of nitrogens with zero attached hydrogens (tertiary/aromatic N) is 1. The highest BCUT2D eigenvalue weighted by Crippen LogP contribution is 2.22. The SMILES string of the molecule is COC(=O)C1CCN(C(=O)C2Cc3ccccc3CN2)CC1.Cl. The number of hydrogen-bond donors (Lipinski definition) is 1. The van der Waals surface area contributed by atoms with Gasteiger partial charge in [-0.05, 0) is 30.4 Å². The van der Waals surface area contributed by atoms with Crippen molar-refractivity contribution in [3.05, 3.63) is 35.4 Å². The topological polar surface area (TPSA) is 58.6 Å². The van der Waals surface area contributed by atoms with Crippen LogP contribution < -0.4 is 5.32 Å². The highest BCUT2D eigenvalue weighted by Gasteiger charge is 2.32. The Morgan fingerprint density at radius 1 is 1.17 bits per heavy atom. The minimum Gasteiger partial charge on any atom is -0.469 e. The van der Waals surface area contributed by atoms with Crippen LogP contribution in [0.25, 0.3) is 0 Å². The molecule has 1 N–H and O–H groups in total. The zero-order valence-corrected chi connectivity index (χ0v) is 14.1. The van der Waals surface area contributed by atoms with Crippen LogP contribution in [-0.4, -0.2) is 43.0 Å². The Morgan fingerprint density at radius 3 is 2.48 bits per heavy atom. The third kappa shape index (κ3) is 3.85. The molecule has 0 bridgehead atoms. The van der Waals surface area contributed by atoms with Crippen LogP contribution in [0.5, 0.6) is 0 Å². The Labute approximate surface area is 142 Å². The molecule has 1 aromatic carbocycles. The molecule has 2 aliphatic rings. The number of rotatable bonds is 2. The van der Waals surface area contributed by atoms with Gasteiger partial charge in [-0.25, -0.2) is 0 Å². The lowest BCUT2D eigenvalue weighted by Crippen LogP contribution is -2.51. The molecule has 23 heavy (non-hydrogen) atoms. The van der Waals surface area contributed by atoms with Gasteiger partial charge in [0.05, 0.1) is 19.1 Å². The zero-order valence-electron chi connectivity index (χ0n) is 13.3. The van der Waals surface area contributed by atoms with Crippen molar-refractivity contribution in [1.29, 1.82) is 0 Å². The summed E-state index contributed by atoms with van der Waals surface area (Å²) in [6.07, 6.45) is 2.13. The van der Waals surface area contributed by atoms with Gasteiger partial charge in [-0.3, -0.25) is 9.59 Å². The number of hydrogen-bond acceptors (Lipinski definition) is 4. The number of fused-ring (bicyclic) bond motifs is 1. The van der Waals surface area contributed by atoms with Gasteiger partial charge in [0, 0.05) is 19.6 Å². The number of amides is 1. The summed E-state index contributed by atoms with van der Waals surface area (Å²) in [7, 11) is 1.42. The van der Waals surface area contributed by atoms with Crippen molar-refractivity contribution in [2.24, 2.45) is 5.92 Å². The predicted octanol–water partition coefficient (Wildman–Crippen LogP) is 1.53. The fraction of sp³-hybridized carbons (Fsp3) is 0.529. The monoisotopic (exact) mass is 338 g/mol. The van der Waals surface area contributed by atoms with Crippen LogP contribution in [0.2, 0.25) is 0 Å². The summed E-state index contributed by atoms with van der Waals surface area (Å²) in [4.78, 5) is 26.1. The summed E-state index contributed by atoms with van der Waals surface area (Å²) in [5, 5.41) is 3.33. The smallest absolute Gasteiger partial charge is 0.308 e. The van der Waals surface area contributed by atoms with Crippen LogP contribution >= 0.6 is 12.4 Å². The molecule has 1 aromatic rings. The third-order valence-electron chi connectivity index (χ3n) is 4.72. The molecule has 1 unspecified atom stereocenters. The number of carbonyl (C=O) groups is 2. The summed E-state index contributed by atoms with van der Waals surface area (Å²) >= 11 is 0. The normalized spacial score (nSPS) is 21.1. The molecule has 3 rings (SSSR count). The van der Waals surface area contributed by atoms with Gasteiger partial charge in [-0.15, -0.1) is 12.4 Å². The van der Waals surface area contributed by atoms with Crippen LogP contribution in [0, 0.1) is 5.92 Å². The van der Waals surface area contributed by atoms with Gasteiger partial charge in [-0.2, -0.15) is 0 Å². The Hall–Kier alpha value is -1.59. The van der Waals surface area contributed by atoms with E-state index in [-0.39, 0.29) is 36.2 Å². The van der Waals surface area contributed by atoms with Crippen LogP contribution in [0.1, 0.15) is 24.0 Å². The maximum Gasteiger partial charge on any atom is 0.308 e. The van der Waals surface area contributed by atoms with Crippen molar-refractivity contribution in [3.63, 3.8) is 0 Å². The van der Waals surface area contributed by atoms with Crippen LogP contribution in [0.15, 0.2) is 24.3 Å². The van der Waals surface area contributed by atoms with Gasteiger partial charge in [0.2, 0.25) is 5.91 Å². The molecule has 126 valence electrons. The van der Waals surface area contributed by atoms with E-state index in [0.29, 0.717) is 25.9 Å². The van der Waals surface area contributed by atoms with Crippen LogP contribution in [0.3, 0.4) is 0 Å². The second-order valence-corrected chi connectivity index (χ2v) is 6.03. The van der Waals surface area contributed by atoms with E-state index in [1.54, 1.807) is 0 Å². The van der Waals surface area contributed by atoms with Crippen molar-refractivity contribution in [1.82, 2.24) is 10.2 Å². The average Bonchev–Trinajstić information content (AvgIpc) is 2.60. The number of piperidine rings is 1. The number of carbonyl (C=O) groups excluding carboxylic acids is 2. The number of halogens is 1. The first-order valence-corrected chi connectivity index (χ1v) is 7.86. The summed E-state index contributed by atoms with van der Waals surface area (Å²) in [6, 6.07) is 8.10. The Morgan fingerprint density at radius 2 is 1.83 bits per heavy atom. The summed E-state index contributed by atoms with van der Waals surface area (Å²) in [5.74, 6) is -0.0660. The van der Waals surface area contributed by atoms with Crippen LogP contribution in [0.4, 0.5) is 0 Å². The fourth-order valence-corrected chi connectivity index (χ4v) is 3.35. The lowest BCUT2D eigenvalue weighted by molar-refractivity contribution is -0.149. The molecule has 0 spiro atoms. The first-order chi connectivity index (χ1) is 10.7. The number of ether oxygens (including phenoxy) is 1. The standard InChI is InChI=1S/C17H22N2O3.ClH/c1-22-17(21)12-6-8-19(9-7-12)16(20)15-10-13-4-2-3-5-14(13)11-18-15;/h2-5,12,15,18H,6-11H2,1H3;1H. The first-order valence-electron chi connectivity index (χ1n) is 7.86. The number of esters is 1. The largest absolute Gasteiger partial charge is 0.469 e. The highest BCUT2D eigenvalue weighted by atomic mass is 35.5. The molecule has 0 aliphatic carbocycles. The number of likely N-dealkylation sites (tertiary alicyclic amines) is 1. The Bertz CT molecular complexity index is 571. The molecule has 0 aromatic heterocycles. The van der Waals surface area contributed by atoms with Gasteiger partial charge in [0.1, 0.15) is 0 Å². The molecule has 0 radical (unpaired) electrons. The minimum absolute atomic E-state index is 0. The molecular weight excluding hydrogens is 316 g/mol. The maximum absolute atomic E-state index is 12.7. The van der Waals surface area contributed by atoms with Gasteiger partial charge >= 0.3 is 5.97 Å². The van der Waals surface area contributed by atoms with Crippen molar-refractivity contribution >= 4 is 24.3 Å². The molecule has 1 fully saturated rings. The van der Waals surface area contributed by atoms with Gasteiger partial charge in [-0.1, -0.05) is 24.3 Å². The van der Waals surface area contributed by atoms with E-state index in [4.69, 9.17) is 4.74 Å². The minimum atomic E-state index is -0.156. The third-order valence-corrected chi connectivity index (χ3v) is 4.72. The molecule has 1 amide bonds. The van der Waals surface area contributed by atoms with Crippen molar-refractivity contribution < 1.29 is 14.3 Å². The lowest BCUT2D eigenvalue weighted by Gasteiger charge is -2.35. The quantitative estimate of drug-likeness (QED) is 0.831. The maximum atomic E-state index is 12.7. The molecule has 1 saturated heterocycles. The second kappa shape index (κ2) is 7.79. The number of methoxy groups -OCH3 is 1. The Balaban J connectivity index is 0.00000192. The zero-order chi connectivity index (χ0) is 15.5.